The van der Waals surface area contributed by atoms with Crippen LogP contribution < -0.4 is 10.3 Å². The van der Waals surface area contributed by atoms with Crippen molar-refractivity contribution in [2.45, 2.75) is 20.3 Å². The summed E-state index contributed by atoms with van der Waals surface area (Å²) in [4.78, 5) is 25.1. The van der Waals surface area contributed by atoms with Gasteiger partial charge >= 0.3 is 0 Å². The minimum Gasteiger partial charge on any atom is -0.316 e. The van der Waals surface area contributed by atoms with Crippen molar-refractivity contribution in [3.63, 3.8) is 0 Å². The Morgan fingerprint density at radius 1 is 1.30 bits per heavy atom. The van der Waals surface area contributed by atoms with E-state index in [0.717, 1.165) is 17.0 Å². The second-order valence-electron chi connectivity index (χ2n) is 5.28. The molecule has 2 aromatic rings. The lowest BCUT2D eigenvalue weighted by atomic mass is 10.0. The highest BCUT2D eigenvalue weighted by atomic mass is 32.1. The first-order valence-electron chi connectivity index (χ1n) is 7.43. The number of para-hydroxylation sites is 1. The fourth-order valence-corrected chi connectivity index (χ4v) is 3.42. The minimum atomic E-state index is -0.873. The number of carbonyl (C=O) groups excluding carboxylic acids is 2. The van der Waals surface area contributed by atoms with Gasteiger partial charge in [0.15, 0.2) is 5.92 Å². The van der Waals surface area contributed by atoms with Crippen molar-refractivity contribution in [3.05, 3.63) is 47.3 Å². The predicted molar refractivity (Wildman–Crippen MR) is 92.9 cm³/mol. The summed E-state index contributed by atoms with van der Waals surface area (Å²) in [5.74, 6) is -1.52. The van der Waals surface area contributed by atoms with Gasteiger partial charge < -0.3 is 5.32 Å². The van der Waals surface area contributed by atoms with Crippen LogP contribution in [0.3, 0.4) is 0 Å². The normalized spacial score (nSPS) is 17.3. The Morgan fingerprint density at radius 3 is 2.74 bits per heavy atom. The number of carbonyl (C=O) groups is 2. The van der Waals surface area contributed by atoms with Gasteiger partial charge in [0.2, 0.25) is 5.91 Å². The highest BCUT2D eigenvalue weighted by Crippen LogP contribution is 2.27. The molecule has 2 amide bonds. The number of thiophene rings is 1. The number of nitrogens with zero attached hydrogens (tertiary/aromatic N) is 2. The standard InChI is InChI=1S/C17H17N3O2S/c1-3-12-9-10-23-16(12)18-15(21)14-11(2)19-20(17(14)22)13-7-5-4-6-8-13/h4-10,14H,3H2,1-2H3,(H,18,21). The predicted octanol–water partition coefficient (Wildman–Crippen LogP) is 3.29. The second-order valence-corrected chi connectivity index (χ2v) is 6.19. The molecule has 0 spiro atoms. The van der Waals surface area contributed by atoms with Crippen molar-refractivity contribution in [3.8, 4) is 0 Å². The lowest BCUT2D eigenvalue weighted by molar-refractivity contribution is -0.127. The highest BCUT2D eigenvalue weighted by molar-refractivity contribution is 7.14. The SMILES string of the molecule is CCc1ccsc1NC(=O)C1C(=O)N(c2ccccc2)N=C1C. The van der Waals surface area contributed by atoms with Gasteiger partial charge in [-0.3, -0.25) is 9.59 Å². The molecule has 0 saturated carbocycles. The maximum Gasteiger partial charge on any atom is 0.265 e. The Balaban J connectivity index is 1.80. The molecular weight excluding hydrogens is 310 g/mol. The van der Waals surface area contributed by atoms with Gasteiger partial charge in [0, 0.05) is 0 Å². The molecule has 0 radical (unpaired) electrons. The molecular formula is C17H17N3O2S. The number of anilines is 2. The van der Waals surface area contributed by atoms with E-state index in [9.17, 15) is 9.59 Å². The van der Waals surface area contributed by atoms with Crippen LogP contribution in [0.4, 0.5) is 10.7 Å². The van der Waals surface area contributed by atoms with E-state index in [1.54, 1.807) is 19.1 Å². The third-order valence-electron chi connectivity index (χ3n) is 3.76. The first-order valence-corrected chi connectivity index (χ1v) is 8.31. The topological polar surface area (TPSA) is 61.8 Å². The second kappa shape index (κ2) is 6.34. The van der Waals surface area contributed by atoms with Crippen molar-refractivity contribution in [2.24, 2.45) is 11.0 Å². The van der Waals surface area contributed by atoms with E-state index in [2.05, 4.69) is 10.4 Å². The summed E-state index contributed by atoms with van der Waals surface area (Å²) in [6, 6.07) is 11.1. The van der Waals surface area contributed by atoms with Crippen molar-refractivity contribution < 1.29 is 9.59 Å². The van der Waals surface area contributed by atoms with Gasteiger partial charge in [0.1, 0.15) is 0 Å². The van der Waals surface area contributed by atoms with Crippen LogP contribution in [0.5, 0.6) is 0 Å². The van der Waals surface area contributed by atoms with E-state index in [0.29, 0.717) is 11.4 Å². The van der Waals surface area contributed by atoms with Crippen LogP contribution in [-0.2, 0) is 16.0 Å². The van der Waals surface area contributed by atoms with Gasteiger partial charge in [0.05, 0.1) is 16.4 Å². The summed E-state index contributed by atoms with van der Waals surface area (Å²) in [6.07, 6.45) is 0.834. The Labute approximate surface area is 138 Å². The van der Waals surface area contributed by atoms with Crippen LogP contribution in [0, 0.1) is 5.92 Å². The van der Waals surface area contributed by atoms with Crippen LogP contribution in [0.1, 0.15) is 19.4 Å². The summed E-state index contributed by atoms with van der Waals surface area (Å²) in [7, 11) is 0. The molecule has 2 heterocycles. The van der Waals surface area contributed by atoms with Crippen LogP contribution in [0.15, 0.2) is 46.9 Å². The Bertz CT molecular complexity index is 767. The summed E-state index contributed by atoms with van der Waals surface area (Å²) in [6.45, 7) is 3.74. The molecule has 23 heavy (non-hydrogen) atoms. The number of benzene rings is 1. The first-order chi connectivity index (χ1) is 11.1. The van der Waals surface area contributed by atoms with Crippen molar-refractivity contribution >= 4 is 39.6 Å². The molecule has 3 rings (SSSR count). The monoisotopic (exact) mass is 327 g/mol. The number of rotatable bonds is 4. The highest BCUT2D eigenvalue weighted by Gasteiger charge is 2.39. The van der Waals surface area contributed by atoms with E-state index in [1.165, 1.54) is 16.3 Å². The molecule has 1 N–H and O–H groups in total. The summed E-state index contributed by atoms with van der Waals surface area (Å²) < 4.78 is 0. The molecule has 1 aromatic carbocycles. The summed E-state index contributed by atoms with van der Waals surface area (Å²) >= 11 is 1.46. The third kappa shape index (κ3) is 2.90. The number of hydrogen-bond donors (Lipinski definition) is 1. The van der Waals surface area contributed by atoms with Crippen LogP contribution in [-0.4, -0.2) is 17.5 Å². The lowest BCUT2D eigenvalue weighted by Gasteiger charge is -2.14. The summed E-state index contributed by atoms with van der Waals surface area (Å²) in [5.41, 5.74) is 2.24. The molecule has 5 nitrogen and oxygen atoms in total. The quantitative estimate of drug-likeness (QED) is 0.876. The van der Waals surface area contributed by atoms with Gasteiger partial charge in [-0.2, -0.15) is 10.1 Å². The van der Waals surface area contributed by atoms with E-state index < -0.39 is 5.92 Å². The maximum absolute atomic E-state index is 12.6. The van der Waals surface area contributed by atoms with E-state index in [1.807, 2.05) is 36.6 Å². The molecule has 0 bridgehead atoms. The van der Waals surface area contributed by atoms with E-state index in [-0.39, 0.29) is 11.8 Å². The molecule has 6 heteroatoms. The average molecular weight is 327 g/mol. The van der Waals surface area contributed by atoms with E-state index in [4.69, 9.17) is 0 Å². The van der Waals surface area contributed by atoms with Crippen LogP contribution >= 0.6 is 11.3 Å². The molecule has 1 unspecified atom stereocenters. The lowest BCUT2D eigenvalue weighted by Crippen LogP contribution is -2.36. The van der Waals surface area contributed by atoms with Crippen molar-refractivity contribution in [2.75, 3.05) is 10.3 Å². The Morgan fingerprint density at radius 2 is 2.04 bits per heavy atom. The molecule has 0 fully saturated rings. The number of aryl methyl sites for hydroxylation is 1. The van der Waals surface area contributed by atoms with Gasteiger partial charge in [-0.1, -0.05) is 25.1 Å². The molecule has 0 saturated heterocycles. The number of nitrogens with one attached hydrogen (secondary N) is 1. The fourth-order valence-electron chi connectivity index (χ4n) is 2.53. The van der Waals surface area contributed by atoms with Crippen LogP contribution in [0.2, 0.25) is 0 Å². The largest absolute Gasteiger partial charge is 0.316 e. The third-order valence-corrected chi connectivity index (χ3v) is 4.63. The van der Waals surface area contributed by atoms with Crippen molar-refractivity contribution in [1.82, 2.24) is 0 Å². The minimum absolute atomic E-state index is 0.319. The van der Waals surface area contributed by atoms with Gasteiger partial charge in [-0.15, -0.1) is 11.3 Å². The molecule has 0 aliphatic carbocycles. The molecule has 1 aliphatic rings. The van der Waals surface area contributed by atoms with Crippen LogP contribution in [0.25, 0.3) is 0 Å². The number of amides is 2. The van der Waals surface area contributed by atoms with Gasteiger partial charge in [-0.05, 0) is 42.5 Å². The zero-order valence-electron chi connectivity index (χ0n) is 12.9. The molecule has 1 atom stereocenters. The molecule has 118 valence electrons. The molecule has 1 aliphatic heterocycles. The Hall–Kier alpha value is -2.47. The molecule has 1 aromatic heterocycles. The smallest absolute Gasteiger partial charge is 0.265 e. The van der Waals surface area contributed by atoms with E-state index >= 15 is 0 Å². The number of hydrazone groups is 1. The fraction of sp³-hybridized carbons (Fsp3) is 0.235. The average Bonchev–Trinajstić information content (AvgIpc) is 3.12. The summed E-state index contributed by atoms with van der Waals surface area (Å²) in [5, 5.41) is 11.2. The number of hydrogen-bond acceptors (Lipinski definition) is 4. The van der Waals surface area contributed by atoms with Crippen molar-refractivity contribution in [1.29, 1.82) is 0 Å². The van der Waals surface area contributed by atoms with Gasteiger partial charge in [-0.25, -0.2) is 0 Å². The Kier molecular flexibility index (Phi) is 4.25. The zero-order chi connectivity index (χ0) is 16.4. The zero-order valence-corrected chi connectivity index (χ0v) is 13.8. The maximum atomic E-state index is 12.6. The first kappa shape index (κ1) is 15.4. The van der Waals surface area contributed by atoms with Gasteiger partial charge in [0.25, 0.3) is 5.91 Å².